The van der Waals surface area contributed by atoms with Crippen LogP contribution in [0.15, 0.2) is 24.5 Å². The van der Waals surface area contributed by atoms with Gasteiger partial charge in [0.25, 0.3) is 5.91 Å². The fraction of sp³-hybridized carbons (Fsp3) is 0.588. The average molecular weight is 317 g/mol. The SMILES string of the molecule is O=C(N[C@@H]1CC(=O)N(C2CCCCCC2)C1)c1ccc[n+]([O-])c1. The highest BCUT2D eigenvalue weighted by Crippen LogP contribution is 2.25. The van der Waals surface area contributed by atoms with Gasteiger partial charge in [-0.05, 0) is 18.9 Å². The summed E-state index contributed by atoms with van der Waals surface area (Å²) in [5, 5.41) is 14.1. The average Bonchev–Trinajstić information content (AvgIpc) is 2.75. The van der Waals surface area contributed by atoms with E-state index in [0.29, 0.717) is 29.3 Å². The molecule has 2 amide bonds. The fourth-order valence-electron chi connectivity index (χ4n) is 3.61. The molecule has 1 aromatic rings. The molecule has 0 aromatic carbocycles. The molecule has 1 N–H and O–H groups in total. The van der Waals surface area contributed by atoms with Gasteiger partial charge in [-0.2, -0.15) is 4.73 Å². The van der Waals surface area contributed by atoms with Gasteiger partial charge in [-0.25, -0.2) is 0 Å². The maximum absolute atomic E-state index is 12.3. The second-order valence-electron chi connectivity index (χ2n) is 6.52. The highest BCUT2D eigenvalue weighted by molar-refractivity contribution is 5.94. The Balaban J connectivity index is 1.60. The lowest BCUT2D eigenvalue weighted by Gasteiger charge is -2.27. The van der Waals surface area contributed by atoms with E-state index >= 15 is 0 Å². The van der Waals surface area contributed by atoms with E-state index in [1.165, 1.54) is 38.1 Å². The third kappa shape index (κ3) is 3.81. The molecule has 2 fully saturated rings. The van der Waals surface area contributed by atoms with Crippen LogP contribution in [0.5, 0.6) is 0 Å². The minimum atomic E-state index is -0.296. The lowest BCUT2D eigenvalue weighted by atomic mass is 10.1. The van der Waals surface area contributed by atoms with Crippen LogP contribution in [0, 0.1) is 5.21 Å². The van der Waals surface area contributed by atoms with Gasteiger partial charge in [0.05, 0.1) is 6.04 Å². The zero-order chi connectivity index (χ0) is 16.2. The summed E-state index contributed by atoms with van der Waals surface area (Å²) in [4.78, 5) is 26.4. The van der Waals surface area contributed by atoms with Gasteiger partial charge in [-0.1, -0.05) is 25.7 Å². The van der Waals surface area contributed by atoms with E-state index in [4.69, 9.17) is 0 Å². The largest absolute Gasteiger partial charge is 0.619 e. The highest BCUT2D eigenvalue weighted by atomic mass is 16.5. The van der Waals surface area contributed by atoms with Gasteiger partial charge in [-0.3, -0.25) is 9.59 Å². The Hall–Kier alpha value is -2.11. The van der Waals surface area contributed by atoms with Crippen molar-refractivity contribution in [1.29, 1.82) is 0 Å². The molecule has 6 nitrogen and oxygen atoms in total. The summed E-state index contributed by atoms with van der Waals surface area (Å²) in [5.41, 5.74) is 0.322. The maximum Gasteiger partial charge on any atom is 0.257 e. The molecule has 1 aromatic heterocycles. The lowest BCUT2D eigenvalue weighted by Crippen LogP contribution is -2.41. The van der Waals surface area contributed by atoms with Crippen LogP contribution in [0.1, 0.15) is 55.3 Å². The quantitative estimate of drug-likeness (QED) is 0.520. The van der Waals surface area contributed by atoms with Crippen molar-refractivity contribution in [2.45, 2.75) is 57.0 Å². The predicted octanol–water partition coefficient (Wildman–Crippen LogP) is 1.37. The second-order valence-corrected chi connectivity index (χ2v) is 6.52. The van der Waals surface area contributed by atoms with Gasteiger partial charge < -0.3 is 15.4 Å². The standard InChI is InChI=1S/C17H23N3O3/c21-16-10-14(12-20(16)15-7-3-1-2-4-8-15)18-17(22)13-6-5-9-19(23)11-13/h5-6,9,11,14-15H,1-4,7-8,10,12H2,(H,18,22)/t14-/m1/s1. The molecule has 0 bridgehead atoms. The summed E-state index contributed by atoms with van der Waals surface area (Å²) in [7, 11) is 0. The third-order valence-electron chi connectivity index (χ3n) is 4.80. The van der Waals surface area contributed by atoms with Gasteiger partial charge in [0.2, 0.25) is 5.91 Å². The van der Waals surface area contributed by atoms with Crippen LogP contribution in [0.4, 0.5) is 0 Å². The molecular formula is C17H23N3O3. The lowest BCUT2D eigenvalue weighted by molar-refractivity contribution is -0.605. The first kappa shape index (κ1) is 15.8. The minimum absolute atomic E-state index is 0.133. The topological polar surface area (TPSA) is 76.4 Å². The fourth-order valence-corrected chi connectivity index (χ4v) is 3.61. The number of pyridine rings is 1. The Kier molecular flexibility index (Phi) is 4.79. The zero-order valence-corrected chi connectivity index (χ0v) is 13.2. The van der Waals surface area contributed by atoms with Crippen molar-refractivity contribution < 1.29 is 14.3 Å². The molecule has 2 aliphatic rings. The van der Waals surface area contributed by atoms with E-state index in [0.717, 1.165) is 12.8 Å². The minimum Gasteiger partial charge on any atom is -0.619 e. The van der Waals surface area contributed by atoms with E-state index in [9.17, 15) is 14.8 Å². The van der Waals surface area contributed by atoms with Crippen LogP contribution in [-0.2, 0) is 4.79 Å². The first-order chi connectivity index (χ1) is 11.1. The molecule has 0 radical (unpaired) electrons. The van der Waals surface area contributed by atoms with Crippen LogP contribution in [-0.4, -0.2) is 35.3 Å². The van der Waals surface area contributed by atoms with Crippen molar-refractivity contribution in [1.82, 2.24) is 10.2 Å². The van der Waals surface area contributed by atoms with E-state index in [1.807, 2.05) is 4.90 Å². The van der Waals surface area contributed by atoms with Gasteiger partial charge in [0.15, 0.2) is 12.4 Å². The van der Waals surface area contributed by atoms with Crippen molar-refractivity contribution in [3.05, 3.63) is 35.3 Å². The zero-order valence-electron chi connectivity index (χ0n) is 13.2. The first-order valence-corrected chi connectivity index (χ1v) is 8.42. The highest BCUT2D eigenvalue weighted by Gasteiger charge is 2.35. The Morgan fingerprint density at radius 1 is 1.26 bits per heavy atom. The number of carbonyl (C=O) groups excluding carboxylic acids is 2. The summed E-state index contributed by atoms with van der Waals surface area (Å²) in [6, 6.07) is 3.30. The van der Waals surface area contributed by atoms with Gasteiger partial charge in [-0.15, -0.1) is 0 Å². The number of nitrogens with one attached hydrogen (secondary N) is 1. The van der Waals surface area contributed by atoms with E-state index in [1.54, 1.807) is 12.1 Å². The van der Waals surface area contributed by atoms with Gasteiger partial charge in [0.1, 0.15) is 5.56 Å². The van der Waals surface area contributed by atoms with E-state index in [2.05, 4.69) is 5.32 Å². The summed E-state index contributed by atoms with van der Waals surface area (Å²) in [6.07, 6.45) is 9.94. The van der Waals surface area contributed by atoms with Crippen LogP contribution < -0.4 is 10.0 Å². The number of aromatic nitrogens is 1. The van der Waals surface area contributed by atoms with E-state index < -0.39 is 0 Å². The Bertz CT molecular complexity index is 582. The van der Waals surface area contributed by atoms with Crippen molar-refractivity contribution in [2.24, 2.45) is 0 Å². The molecule has 6 heteroatoms. The Labute approximate surface area is 136 Å². The van der Waals surface area contributed by atoms with Gasteiger partial charge in [0, 0.05) is 25.1 Å². The van der Waals surface area contributed by atoms with Crippen LogP contribution in [0.25, 0.3) is 0 Å². The number of likely N-dealkylation sites (tertiary alicyclic amines) is 1. The van der Waals surface area contributed by atoms with Crippen molar-refractivity contribution >= 4 is 11.8 Å². The molecule has 23 heavy (non-hydrogen) atoms. The number of hydrogen-bond acceptors (Lipinski definition) is 3. The second kappa shape index (κ2) is 6.98. The number of hydrogen-bond donors (Lipinski definition) is 1. The molecule has 0 spiro atoms. The maximum atomic E-state index is 12.3. The molecule has 1 aliphatic heterocycles. The molecule has 2 heterocycles. The predicted molar refractivity (Wildman–Crippen MR) is 84.5 cm³/mol. The number of nitrogens with zero attached hydrogens (tertiary/aromatic N) is 2. The van der Waals surface area contributed by atoms with Crippen molar-refractivity contribution in [3.8, 4) is 0 Å². The van der Waals surface area contributed by atoms with Crippen molar-refractivity contribution in [3.63, 3.8) is 0 Å². The summed E-state index contributed by atoms with van der Waals surface area (Å²) in [6.45, 7) is 0.583. The normalized spacial score (nSPS) is 22.9. The third-order valence-corrected chi connectivity index (χ3v) is 4.80. The Morgan fingerprint density at radius 3 is 2.70 bits per heavy atom. The van der Waals surface area contributed by atoms with Crippen molar-refractivity contribution in [2.75, 3.05) is 6.54 Å². The molecule has 0 unspecified atom stereocenters. The van der Waals surface area contributed by atoms with Gasteiger partial charge >= 0.3 is 0 Å². The van der Waals surface area contributed by atoms with Crippen LogP contribution in [0.3, 0.4) is 0 Å². The van der Waals surface area contributed by atoms with Crippen LogP contribution >= 0.6 is 0 Å². The molecule has 124 valence electrons. The van der Waals surface area contributed by atoms with Crippen LogP contribution in [0.2, 0.25) is 0 Å². The Morgan fingerprint density at radius 2 is 2.00 bits per heavy atom. The molecule has 1 atom stereocenters. The molecular weight excluding hydrogens is 294 g/mol. The molecule has 1 saturated carbocycles. The number of amides is 2. The molecule has 1 saturated heterocycles. The summed E-state index contributed by atoms with van der Waals surface area (Å²) >= 11 is 0. The molecule has 3 rings (SSSR count). The smallest absolute Gasteiger partial charge is 0.257 e. The first-order valence-electron chi connectivity index (χ1n) is 8.42. The monoisotopic (exact) mass is 317 g/mol. The summed E-state index contributed by atoms with van der Waals surface area (Å²) < 4.78 is 0.604. The summed E-state index contributed by atoms with van der Waals surface area (Å²) in [5.74, 6) is -0.162. The molecule has 1 aliphatic carbocycles. The number of carbonyl (C=O) groups is 2. The number of rotatable bonds is 3. The van der Waals surface area contributed by atoms with E-state index in [-0.39, 0.29) is 17.9 Å².